The molecular formula is C4H8NNaO4. The summed E-state index contributed by atoms with van der Waals surface area (Å²) >= 11 is 0. The SMILES string of the molecule is CCN(O)[C@@H](O)C(=O)[O-].[Na+]. The molecule has 0 rings (SSSR count). The van der Waals surface area contributed by atoms with Crippen molar-refractivity contribution < 1.29 is 49.8 Å². The second-order valence-electron chi connectivity index (χ2n) is 1.45. The van der Waals surface area contributed by atoms with Crippen LogP contribution in [-0.4, -0.2) is 34.1 Å². The van der Waals surface area contributed by atoms with E-state index in [4.69, 9.17) is 10.3 Å². The van der Waals surface area contributed by atoms with Gasteiger partial charge in [0.05, 0.1) is 5.97 Å². The predicted octanol–water partition coefficient (Wildman–Crippen LogP) is -5.23. The maximum atomic E-state index is 9.74. The van der Waals surface area contributed by atoms with E-state index in [0.29, 0.717) is 0 Å². The van der Waals surface area contributed by atoms with E-state index in [2.05, 4.69) is 0 Å². The van der Waals surface area contributed by atoms with Crippen LogP contribution in [0, 0.1) is 0 Å². The third kappa shape index (κ3) is 4.21. The first-order chi connectivity index (χ1) is 4.09. The summed E-state index contributed by atoms with van der Waals surface area (Å²) in [6.45, 7) is 1.53. The topological polar surface area (TPSA) is 83.8 Å². The van der Waals surface area contributed by atoms with Crippen LogP contribution in [0.25, 0.3) is 0 Å². The van der Waals surface area contributed by atoms with Crippen LogP contribution in [0.4, 0.5) is 0 Å². The van der Waals surface area contributed by atoms with Gasteiger partial charge in [-0.3, -0.25) is 0 Å². The van der Waals surface area contributed by atoms with Crippen LogP contribution in [0.5, 0.6) is 0 Å². The summed E-state index contributed by atoms with van der Waals surface area (Å²) in [4.78, 5) is 9.74. The first-order valence-corrected chi connectivity index (χ1v) is 2.44. The Hall–Kier alpha value is 0.350. The van der Waals surface area contributed by atoms with Gasteiger partial charge in [-0.2, -0.15) is 5.06 Å². The molecule has 2 N–H and O–H groups in total. The van der Waals surface area contributed by atoms with Crippen LogP contribution in [-0.2, 0) is 4.79 Å². The molecule has 0 fully saturated rings. The third-order valence-corrected chi connectivity index (χ3v) is 0.817. The van der Waals surface area contributed by atoms with Gasteiger partial charge < -0.3 is 20.2 Å². The second kappa shape index (κ2) is 6.09. The number of rotatable bonds is 3. The maximum Gasteiger partial charge on any atom is 1.00 e. The number of nitrogens with zero attached hydrogens (tertiary/aromatic N) is 1. The number of hydrogen-bond donors (Lipinski definition) is 2. The summed E-state index contributed by atoms with van der Waals surface area (Å²) in [6, 6.07) is 0. The fourth-order valence-electron chi connectivity index (χ4n) is 0.295. The van der Waals surface area contributed by atoms with Gasteiger partial charge in [-0.1, -0.05) is 0 Å². The Balaban J connectivity index is 0. The predicted molar refractivity (Wildman–Crippen MR) is 25.2 cm³/mol. The summed E-state index contributed by atoms with van der Waals surface area (Å²) < 4.78 is 0. The Kier molecular flexibility index (Phi) is 7.90. The van der Waals surface area contributed by atoms with Gasteiger partial charge >= 0.3 is 29.6 Å². The maximum absolute atomic E-state index is 9.74. The molecule has 10 heavy (non-hydrogen) atoms. The van der Waals surface area contributed by atoms with Crippen LogP contribution in [0.15, 0.2) is 0 Å². The van der Waals surface area contributed by atoms with Crippen molar-refractivity contribution in [3.8, 4) is 0 Å². The van der Waals surface area contributed by atoms with Gasteiger partial charge in [0, 0.05) is 6.54 Å². The van der Waals surface area contributed by atoms with Crippen molar-refractivity contribution in [3.05, 3.63) is 0 Å². The molecule has 54 valence electrons. The largest absolute Gasteiger partial charge is 1.00 e. The van der Waals surface area contributed by atoms with E-state index in [1.54, 1.807) is 0 Å². The standard InChI is InChI=1S/C4H9NO4.Na/c1-2-5(9)3(6)4(7)8;/h3,6,9H,2H2,1H3,(H,7,8);/q;+1/p-1/t3-;/m0./s1. The first kappa shape index (κ1) is 13.0. The van der Waals surface area contributed by atoms with Crippen LogP contribution in [0.1, 0.15) is 6.92 Å². The van der Waals surface area contributed by atoms with Crippen LogP contribution < -0.4 is 34.7 Å². The van der Waals surface area contributed by atoms with Crippen molar-refractivity contribution in [3.63, 3.8) is 0 Å². The number of carbonyl (C=O) groups is 1. The molecule has 0 spiro atoms. The van der Waals surface area contributed by atoms with Gasteiger partial charge in [0.15, 0.2) is 6.23 Å². The van der Waals surface area contributed by atoms with Gasteiger partial charge in [-0.05, 0) is 6.92 Å². The Labute approximate surface area is 80.5 Å². The third-order valence-electron chi connectivity index (χ3n) is 0.817. The fraction of sp³-hybridized carbons (Fsp3) is 0.750. The normalized spacial score (nSPS) is 12.4. The zero-order chi connectivity index (χ0) is 7.44. The molecule has 0 aliphatic carbocycles. The molecule has 0 unspecified atom stereocenters. The summed E-state index contributed by atoms with van der Waals surface area (Å²) in [7, 11) is 0. The quantitative estimate of drug-likeness (QED) is 0.243. The molecule has 0 bridgehead atoms. The molecule has 0 saturated carbocycles. The molecule has 0 aromatic heterocycles. The first-order valence-electron chi connectivity index (χ1n) is 2.44. The van der Waals surface area contributed by atoms with Crippen molar-refractivity contribution in [1.29, 1.82) is 0 Å². The van der Waals surface area contributed by atoms with Gasteiger partial charge in [-0.15, -0.1) is 0 Å². The van der Waals surface area contributed by atoms with Crippen molar-refractivity contribution in [2.24, 2.45) is 0 Å². The molecule has 0 aliphatic heterocycles. The Morgan fingerprint density at radius 1 is 1.80 bits per heavy atom. The van der Waals surface area contributed by atoms with E-state index >= 15 is 0 Å². The fourth-order valence-corrected chi connectivity index (χ4v) is 0.295. The summed E-state index contributed by atoms with van der Waals surface area (Å²) in [5, 5.41) is 26.9. The van der Waals surface area contributed by atoms with Crippen molar-refractivity contribution in [2.75, 3.05) is 6.54 Å². The number of carboxylic acids is 1. The molecule has 0 aromatic rings. The number of carboxylic acid groups (broad SMARTS) is 1. The molecule has 0 heterocycles. The number of aliphatic hydroxyl groups is 1. The van der Waals surface area contributed by atoms with Crippen molar-refractivity contribution >= 4 is 5.97 Å². The molecule has 1 atom stereocenters. The van der Waals surface area contributed by atoms with E-state index in [1.165, 1.54) is 6.92 Å². The molecule has 0 aliphatic rings. The average Bonchev–Trinajstić information content (AvgIpc) is 1.84. The number of aliphatic hydroxyl groups excluding tert-OH is 1. The van der Waals surface area contributed by atoms with E-state index < -0.39 is 12.2 Å². The zero-order valence-corrected chi connectivity index (χ0v) is 7.94. The van der Waals surface area contributed by atoms with E-state index in [-0.39, 0.29) is 41.2 Å². The van der Waals surface area contributed by atoms with E-state index in [0.717, 1.165) is 0 Å². The number of carbonyl (C=O) groups excluding carboxylic acids is 1. The molecule has 6 heteroatoms. The number of hydroxylamine groups is 2. The van der Waals surface area contributed by atoms with Crippen molar-refractivity contribution in [1.82, 2.24) is 5.06 Å². The smallest absolute Gasteiger partial charge is 0.546 e. The van der Waals surface area contributed by atoms with E-state index in [1.807, 2.05) is 0 Å². The monoisotopic (exact) mass is 157 g/mol. The Morgan fingerprint density at radius 3 is 2.30 bits per heavy atom. The van der Waals surface area contributed by atoms with Crippen LogP contribution >= 0.6 is 0 Å². The Morgan fingerprint density at radius 2 is 2.20 bits per heavy atom. The zero-order valence-electron chi connectivity index (χ0n) is 5.94. The molecule has 0 amide bonds. The van der Waals surface area contributed by atoms with E-state index in [9.17, 15) is 9.90 Å². The molecule has 0 radical (unpaired) electrons. The molecule has 0 aromatic carbocycles. The Bertz CT molecular complexity index is 109. The summed E-state index contributed by atoms with van der Waals surface area (Å²) in [5.74, 6) is -1.71. The minimum atomic E-state index is -1.92. The summed E-state index contributed by atoms with van der Waals surface area (Å²) in [5.41, 5.74) is 0. The number of aliphatic carboxylic acids is 1. The van der Waals surface area contributed by atoms with Crippen LogP contribution in [0.3, 0.4) is 0 Å². The molecular weight excluding hydrogens is 149 g/mol. The van der Waals surface area contributed by atoms with Crippen LogP contribution in [0.2, 0.25) is 0 Å². The minimum absolute atomic E-state index is 0. The number of hydrogen-bond acceptors (Lipinski definition) is 5. The summed E-state index contributed by atoms with van der Waals surface area (Å²) in [6.07, 6.45) is -1.92. The number of likely N-dealkylation sites (N-methyl/N-ethyl adjacent to an activating group) is 1. The molecule has 5 nitrogen and oxygen atoms in total. The molecule has 0 saturated heterocycles. The van der Waals surface area contributed by atoms with Gasteiger partial charge in [-0.25, -0.2) is 0 Å². The van der Waals surface area contributed by atoms with Gasteiger partial charge in [0.2, 0.25) is 0 Å². The van der Waals surface area contributed by atoms with Gasteiger partial charge in [0.1, 0.15) is 0 Å². The van der Waals surface area contributed by atoms with Crippen molar-refractivity contribution in [2.45, 2.75) is 13.2 Å². The van der Waals surface area contributed by atoms with Gasteiger partial charge in [0.25, 0.3) is 0 Å². The average molecular weight is 157 g/mol. The minimum Gasteiger partial charge on any atom is -0.546 e. The second-order valence-corrected chi connectivity index (χ2v) is 1.45.